The van der Waals surface area contributed by atoms with E-state index in [2.05, 4.69) is 0 Å². The van der Waals surface area contributed by atoms with E-state index in [0.717, 1.165) is 0 Å². The van der Waals surface area contributed by atoms with Crippen molar-refractivity contribution >= 4 is 23.3 Å². The first-order valence-corrected chi connectivity index (χ1v) is 10.5. The Hall–Kier alpha value is -3.61. The first-order valence-electron chi connectivity index (χ1n) is 10.5. The summed E-state index contributed by atoms with van der Waals surface area (Å²) in [7, 11) is 0. The summed E-state index contributed by atoms with van der Waals surface area (Å²) in [6, 6.07) is 11.5. The number of amides is 1. The SMILES string of the molecule is CC(C)CC(=O)C1=C(O)C(=O)N(c2ccc(C(=O)OC(C)C)cc2)C1c1ccc(O)cc1. The van der Waals surface area contributed by atoms with E-state index in [0.29, 0.717) is 16.8 Å². The molecule has 1 heterocycles. The van der Waals surface area contributed by atoms with Crippen molar-refractivity contribution in [3.63, 3.8) is 0 Å². The molecule has 0 spiro atoms. The maximum atomic E-state index is 13.0. The van der Waals surface area contributed by atoms with Crippen LogP contribution >= 0.6 is 0 Å². The van der Waals surface area contributed by atoms with Gasteiger partial charge in [-0.2, -0.15) is 0 Å². The van der Waals surface area contributed by atoms with Crippen molar-refractivity contribution in [2.45, 2.75) is 46.3 Å². The lowest BCUT2D eigenvalue weighted by Gasteiger charge is -2.27. The number of benzene rings is 2. The van der Waals surface area contributed by atoms with Gasteiger partial charge in [-0.25, -0.2) is 4.79 Å². The monoisotopic (exact) mass is 437 g/mol. The second-order valence-electron chi connectivity index (χ2n) is 8.45. The smallest absolute Gasteiger partial charge is 0.338 e. The quantitative estimate of drug-likeness (QED) is 0.619. The Labute approximate surface area is 186 Å². The zero-order chi connectivity index (χ0) is 23.6. The van der Waals surface area contributed by atoms with Gasteiger partial charge in [-0.3, -0.25) is 14.5 Å². The molecule has 3 rings (SSSR count). The molecule has 32 heavy (non-hydrogen) atoms. The molecular formula is C25H27NO6. The predicted octanol–water partition coefficient (Wildman–Crippen LogP) is 4.47. The number of nitrogens with zero attached hydrogens (tertiary/aromatic N) is 1. The van der Waals surface area contributed by atoms with E-state index >= 15 is 0 Å². The molecule has 7 heteroatoms. The van der Waals surface area contributed by atoms with Crippen molar-refractivity contribution in [2.75, 3.05) is 4.90 Å². The number of carbonyl (C=O) groups excluding carboxylic acids is 3. The third-order valence-electron chi connectivity index (χ3n) is 5.03. The van der Waals surface area contributed by atoms with Gasteiger partial charge in [0.2, 0.25) is 0 Å². The third kappa shape index (κ3) is 4.66. The molecule has 2 N–H and O–H groups in total. The number of ketones is 1. The van der Waals surface area contributed by atoms with Crippen LogP contribution < -0.4 is 4.90 Å². The molecule has 1 atom stereocenters. The van der Waals surface area contributed by atoms with Gasteiger partial charge in [0.15, 0.2) is 11.5 Å². The molecule has 0 bridgehead atoms. The molecule has 0 saturated heterocycles. The van der Waals surface area contributed by atoms with Crippen LogP contribution in [0, 0.1) is 5.92 Å². The molecule has 0 radical (unpaired) electrons. The second kappa shape index (κ2) is 9.26. The van der Waals surface area contributed by atoms with Crippen LogP contribution in [0.3, 0.4) is 0 Å². The summed E-state index contributed by atoms with van der Waals surface area (Å²) in [5.74, 6) is -2.00. The zero-order valence-corrected chi connectivity index (χ0v) is 18.5. The Balaban J connectivity index is 2.04. The molecule has 0 aliphatic carbocycles. The van der Waals surface area contributed by atoms with Crippen molar-refractivity contribution in [2.24, 2.45) is 5.92 Å². The Morgan fingerprint density at radius 3 is 2.09 bits per heavy atom. The number of hydrogen-bond acceptors (Lipinski definition) is 6. The van der Waals surface area contributed by atoms with Gasteiger partial charge in [0.05, 0.1) is 23.3 Å². The van der Waals surface area contributed by atoms with Crippen LogP contribution in [0.4, 0.5) is 5.69 Å². The first-order chi connectivity index (χ1) is 15.1. The van der Waals surface area contributed by atoms with Crippen LogP contribution in [-0.4, -0.2) is 34.0 Å². The number of phenolic OH excluding ortho intramolecular Hbond substituents is 1. The molecule has 168 valence electrons. The molecular weight excluding hydrogens is 410 g/mol. The van der Waals surface area contributed by atoms with E-state index in [1.807, 2.05) is 13.8 Å². The molecule has 1 aliphatic heterocycles. The Morgan fingerprint density at radius 2 is 1.56 bits per heavy atom. The number of aromatic hydroxyl groups is 1. The maximum absolute atomic E-state index is 13.0. The highest BCUT2D eigenvalue weighted by Gasteiger charge is 2.44. The topological polar surface area (TPSA) is 104 Å². The molecule has 0 aromatic heterocycles. The number of esters is 1. The van der Waals surface area contributed by atoms with Crippen LogP contribution in [0.5, 0.6) is 5.75 Å². The van der Waals surface area contributed by atoms with E-state index in [-0.39, 0.29) is 35.5 Å². The number of ether oxygens (including phenoxy) is 1. The summed E-state index contributed by atoms with van der Waals surface area (Å²) in [6.45, 7) is 7.27. The lowest BCUT2D eigenvalue weighted by molar-refractivity contribution is -0.118. The van der Waals surface area contributed by atoms with Crippen molar-refractivity contribution in [1.29, 1.82) is 0 Å². The summed E-state index contributed by atoms with van der Waals surface area (Å²) in [5, 5.41) is 20.3. The van der Waals surface area contributed by atoms with Gasteiger partial charge >= 0.3 is 5.97 Å². The van der Waals surface area contributed by atoms with Gasteiger partial charge in [0.25, 0.3) is 5.91 Å². The molecule has 1 unspecified atom stereocenters. The average molecular weight is 437 g/mol. The molecule has 1 aliphatic rings. The van der Waals surface area contributed by atoms with Crippen molar-refractivity contribution in [1.82, 2.24) is 0 Å². The average Bonchev–Trinajstić information content (AvgIpc) is 2.98. The van der Waals surface area contributed by atoms with Gasteiger partial charge in [-0.05, 0) is 61.7 Å². The minimum atomic E-state index is -0.859. The van der Waals surface area contributed by atoms with Crippen molar-refractivity contribution < 1.29 is 29.3 Å². The van der Waals surface area contributed by atoms with Crippen molar-refractivity contribution in [3.8, 4) is 5.75 Å². The lowest BCUT2D eigenvalue weighted by Crippen LogP contribution is -2.31. The highest BCUT2D eigenvalue weighted by atomic mass is 16.5. The minimum absolute atomic E-state index is 0.0256. The molecule has 2 aromatic rings. The fraction of sp³-hybridized carbons (Fsp3) is 0.320. The second-order valence-corrected chi connectivity index (χ2v) is 8.45. The van der Waals surface area contributed by atoms with Crippen LogP contribution in [0.1, 0.15) is 56.1 Å². The van der Waals surface area contributed by atoms with Gasteiger partial charge in [-0.15, -0.1) is 0 Å². The number of aliphatic hydroxyl groups excluding tert-OH is 1. The summed E-state index contributed by atoms with van der Waals surface area (Å²) in [6.07, 6.45) is -0.0911. The molecule has 7 nitrogen and oxygen atoms in total. The van der Waals surface area contributed by atoms with Crippen LogP contribution in [0.25, 0.3) is 0 Å². The highest BCUT2D eigenvalue weighted by molar-refractivity contribution is 6.16. The summed E-state index contributed by atoms with van der Waals surface area (Å²) >= 11 is 0. The van der Waals surface area contributed by atoms with Crippen molar-refractivity contribution in [3.05, 3.63) is 71.0 Å². The summed E-state index contributed by atoms with van der Waals surface area (Å²) in [4.78, 5) is 39.5. The number of carbonyl (C=O) groups is 3. The van der Waals surface area contributed by atoms with Gasteiger partial charge in [-0.1, -0.05) is 26.0 Å². The molecule has 0 saturated carbocycles. The van der Waals surface area contributed by atoms with Gasteiger partial charge in [0, 0.05) is 12.1 Å². The van der Waals surface area contributed by atoms with Gasteiger partial charge in [0.1, 0.15) is 5.75 Å². The Morgan fingerprint density at radius 1 is 0.969 bits per heavy atom. The van der Waals surface area contributed by atoms with Crippen LogP contribution in [-0.2, 0) is 14.3 Å². The number of hydrogen-bond donors (Lipinski definition) is 2. The van der Waals surface area contributed by atoms with E-state index in [4.69, 9.17) is 4.74 Å². The van der Waals surface area contributed by atoms with Crippen LogP contribution in [0.15, 0.2) is 59.9 Å². The zero-order valence-electron chi connectivity index (χ0n) is 18.5. The fourth-order valence-electron chi connectivity index (χ4n) is 3.65. The normalized spacial score (nSPS) is 16.2. The first kappa shape index (κ1) is 23.1. The van der Waals surface area contributed by atoms with E-state index < -0.39 is 23.7 Å². The van der Waals surface area contributed by atoms with Crippen LogP contribution in [0.2, 0.25) is 0 Å². The molecule has 1 amide bonds. The van der Waals surface area contributed by atoms with E-state index in [1.54, 1.807) is 38.1 Å². The largest absolute Gasteiger partial charge is 0.508 e. The highest BCUT2D eigenvalue weighted by Crippen LogP contribution is 2.42. The summed E-state index contributed by atoms with van der Waals surface area (Å²) in [5.41, 5.74) is 1.32. The Bertz CT molecular complexity index is 1050. The maximum Gasteiger partial charge on any atom is 0.338 e. The number of rotatable bonds is 7. The lowest BCUT2D eigenvalue weighted by atomic mass is 9.92. The molecule has 2 aromatic carbocycles. The Kier molecular flexibility index (Phi) is 6.67. The van der Waals surface area contributed by atoms with E-state index in [1.165, 1.54) is 29.2 Å². The van der Waals surface area contributed by atoms with E-state index in [9.17, 15) is 24.6 Å². The number of phenols is 1. The number of Topliss-reactive ketones (excluding diaryl/α,β-unsaturated/α-hetero) is 1. The standard InChI is InChI=1S/C25H27NO6/c1-14(2)13-20(28)21-22(16-7-11-19(27)12-8-16)26(24(30)23(21)29)18-9-5-17(6-10-18)25(31)32-15(3)4/h5-12,14-15,22,27,29H,13H2,1-4H3. The predicted molar refractivity (Wildman–Crippen MR) is 119 cm³/mol. The fourth-order valence-corrected chi connectivity index (χ4v) is 3.65. The third-order valence-corrected chi connectivity index (χ3v) is 5.03. The number of anilines is 1. The summed E-state index contributed by atoms with van der Waals surface area (Å²) < 4.78 is 5.19. The minimum Gasteiger partial charge on any atom is -0.508 e. The van der Waals surface area contributed by atoms with Gasteiger partial charge < -0.3 is 14.9 Å². The number of aliphatic hydroxyl groups is 1. The molecule has 0 fully saturated rings.